The molecule has 5 heteroatoms. The van der Waals surface area contributed by atoms with E-state index in [4.69, 9.17) is 14.3 Å². The first kappa shape index (κ1) is 14.8. The fraction of sp³-hybridized carbons (Fsp3) is 0.111. The largest absolute Gasteiger partial charge is 0.481 e. The highest BCUT2D eigenvalue weighted by molar-refractivity contribution is 5.70. The maximum absolute atomic E-state index is 10.8. The van der Waals surface area contributed by atoms with Crippen LogP contribution in [0.4, 0.5) is 0 Å². The van der Waals surface area contributed by atoms with Gasteiger partial charge in [0.1, 0.15) is 17.3 Å². The van der Waals surface area contributed by atoms with E-state index < -0.39 is 5.97 Å². The van der Waals surface area contributed by atoms with Crippen molar-refractivity contribution in [2.45, 2.75) is 13.3 Å². The highest BCUT2D eigenvalue weighted by Gasteiger charge is 2.14. The average Bonchev–Trinajstić information content (AvgIpc) is 2.89. The molecular formula is C18H15NO4. The van der Waals surface area contributed by atoms with Gasteiger partial charge in [0.05, 0.1) is 12.1 Å². The van der Waals surface area contributed by atoms with Crippen molar-refractivity contribution >= 4 is 5.97 Å². The highest BCUT2D eigenvalue weighted by atomic mass is 16.5. The first-order valence-corrected chi connectivity index (χ1v) is 7.13. The zero-order valence-corrected chi connectivity index (χ0v) is 12.5. The smallest absolute Gasteiger partial charge is 0.309 e. The number of carboxylic acids is 1. The summed E-state index contributed by atoms with van der Waals surface area (Å²) in [6, 6.07) is 16.8. The standard InChI is InChI=1S/C18H15NO4/c1-12-16(11-17(20)21)19-18(22-12)13-7-9-15(10-8-13)23-14-5-3-2-4-6-14/h2-10H,11H2,1H3,(H,20,21). The molecule has 0 saturated carbocycles. The number of para-hydroxylation sites is 1. The van der Waals surface area contributed by atoms with E-state index in [0.717, 1.165) is 11.3 Å². The Morgan fingerprint density at radius 3 is 2.39 bits per heavy atom. The number of benzene rings is 2. The number of aromatic nitrogens is 1. The van der Waals surface area contributed by atoms with Crippen LogP contribution >= 0.6 is 0 Å². The summed E-state index contributed by atoms with van der Waals surface area (Å²) >= 11 is 0. The summed E-state index contributed by atoms with van der Waals surface area (Å²) in [5, 5.41) is 8.85. The van der Waals surface area contributed by atoms with Crippen molar-refractivity contribution in [3.05, 3.63) is 66.1 Å². The Bertz CT molecular complexity index is 807. The van der Waals surface area contributed by atoms with Crippen LogP contribution in [0.1, 0.15) is 11.5 Å². The molecule has 0 aliphatic carbocycles. The zero-order chi connectivity index (χ0) is 16.2. The maximum atomic E-state index is 10.8. The SMILES string of the molecule is Cc1oc(-c2ccc(Oc3ccccc3)cc2)nc1CC(=O)O. The predicted molar refractivity (Wildman–Crippen MR) is 84.5 cm³/mol. The second kappa shape index (κ2) is 6.36. The summed E-state index contributed by atoms with van der Waals surface area (Å²) in [7, 11) is 0. The van der Waals surface area contributed by atoms with Gasteiger partial charge in [-0.15, -0.1) is 0 Å². The Hall–Kier alpha value is -3.08. The molecule has 0 radical (unpaired) electrons. The van der Waals surface area contributed by atoms with Gasteiger partial charge in [-0.2, -0.15) is 0 Å². The number of carboxylic acid groups (broad SMARTS) is 1. The third kappa shape index (κ3) is 3.58. The molecule has 0 saturated heterocycles. The van der Waals surface area contributed by atoms with Crippen LogP contribution in [0.5, 0.6) is 11.5 Å². The van der Waals surface area contributed by atoms with Crippen LogP contribution in [0.3, 0.4) is 0 Å². The molecule has 1 aromatic heterocycles. The van der Waals surface area contributed by atoms with Crippen molar-refractivity contribution in [2.75, 3.05) is 0 Å². The van der Waals surface area contributed by atoms with Gasteiger partial charge in [0, 0.05) is 5.56 Å². The molecular weight excluding hydrogens is 294 g/mol. The van der Waals surface area contributed by atoms with Gasteiger partial charge >= 0.3 is 5.97 Å². The monoisotopic (exact) mass is 309 g/mol. The van der Waals surface area contributed by atoms with Crippen LogP contribution in [0, 0.1) is 6.92 Å². The number of carbonyl (C=O) groups is 1. The molecule has 0 aliphatic heterocycles. The van der Waals surface area contributed by atoms with Crippen molar-refractivity contribution in [1.29, 1.82) is 0 Å². The number of oxazole rings is 1. The molecule has 0 aliphatic rings. The molecule has 3 rings (SSSR count). The summed E-state index contributed by atoms with van der Waals surface area (Å²) in [6.45, 7) is 1.71. The number of nitrogens with zero attached hydrogens (tertiary/aromatic N) is 1. The van der Waals surface area contributed by atoms with Crippen LogP contribution < -0.4 is 4.74 Å². The van der Waals surface area contributed by atoms with Gasteiger partial charge in [-0.3, -0.25) is 4.79 Å². The van der Waals surface area contributed by atoms with E-state index in [9.17, 15) is 4.79 Å². The molecule has 0 fully saturated rings. The first-order chi connectivity index (χ1) is 11.1. The van der Waals surface area contributed by atoms with E-state index >= 15 is 0 Å². The Morgan fingerprint density at radius 1 is 1.09 bits per heavy atom. The number of ether oxygens (including phenoxy) is 1. The number of hydrogen-bond acceptors (Lipinski definition) is 4. The number of hydrogen-bond donors (Lipinski definition) is 1. The van der Waals surface area contributed by atoms with E-state index in [1.165, 1.54) is 0 Å². The number of aliphatic carboxylic acids is 1. The summed E-state index contributed by atoms with van der Waals surface area (Å²) in [5.41, 5.74) is 1.21. The quantitative estimate of drug-likeness (QED) is 0.769. The molecule has 5 nitrogen and oxygen atoms in total. The molecule has 0 amide bonds. The van der Waals surface area contributed by atoms with Crippen molar-refractivity contribution in [3.8, 4) is 23.0 Å². The van der Waals surface area contributed by atoms with Crippen LogP contribution in [-0.4, -0.2) is 16.1 Å². The van der Waals surface area contributed by atoms with Gasteiger partial charge in [-0.25, -0.2) is 4.98 Å². The average molecular weight is 309 g/mol. The number of aryl methyl sites for hydroxylation is 1. The second-order valence-electron chi connectivity index (χ2n) is 5.03. The first-order valence-electron chi connectivity index (χ1n) is 7.13. The Balaban J connectivity index is 1.78. The van der Waals surface area contributed by atoms with Crippen molar-refractivity contribution in [2.24, 2.45) is 0 Å². The zero-order valence-electron chi connectivity index (χ0n) is 12.5. The number of rotatable bonds is 5. The van der Waals surface area contributed by atoms with E-state index in [1.807, 2.05) is 54.6 Å². The molecule has 0 spiro atoms. The topological polar surface area (TPSA) is 72.6 Å². The molecule has 0 bridgehead atoms. The predicted octanol–water partition coefficient (Wildman–Crippen LogP) is 4.07. The van der Waals surface area contributed by atoms with Gasteiger partial charge in [0.2, 0.25) is 5.89 Å². The minimum absolute atomic E-state index is 0.148. The highest BCUT2D eigenvalue weighted by Crippen LogP contribution is 2.26. The summed E-state index contributed by atoms with van der Waals surface area (Å²) in [6.07, 6.45) is -0.148. The molecule has 0 unspecified atom stereocenters. The Kier molecular flexibility index (Phi) is 4.10. The van der Waals surface area contributed by atoms with E-state index in [-0.39, 0.29) is 6.42 Å². The third-order valence-corrected chi connectivity index (χ3v) is 3.29. The molecule has 2 aromatic carbocycles. The lowest BCUT2D eigenvalue weighted by molar-refractivity contribution is -0.136. The van der Waals surface area contributed by atoms with E-state index in [0.29, 0.717) is 23.1 Å². The minimum Gasteiger partial charge on any atom is -0.481 e. The second-order valence-corrected chi connectivity index (χ2v) is 5.03. The lowest BCUT2D eigenvalue weighted by atomic mass is 10.2. The van der Waals surface area contributed by atoms with Gasteiger partial charge in [0.15, 0.2) is 0 Å². The van der Waals surface area contributed by atoms with Crippen LogP contribution in [0.2, 0.25) is 0 Å². The normalized spacial score (nSPS) is 10.5. The van der Waals surface area contributed by atoms with Gasteiger partial charge in [0.25, 0.3) is 0 Å². The Morgan fingerprint density at radius 2 is 1.74 bits per heavy atom. The van der Waals surface area contributed by atoms with Gasteiger partial charge in [-0.05, 0) is 43.3 Å². The van der Waals surface area contributed by atoms with Crippen LogP contribution in [-0.2, 0) is 11.2 Å². The van der Waals surface area contributed by atoms with Crippen LogP contribution in [0.25, 0.3) is 11.5 Å². The maximum Gasteiger partial charge on any atom is 0.309 e. The van der Waals surface area contributed by atoms with Gasteiger partial charge < -0.3 is 14.3 Å². The minimum atomic E-state index is -0.931. The van der Waals surface area contributed by atoms with Crippen molar-refractivity contribution in [3.63, 3.8) is 0 Å². The van der Waals surface area contributed by atoms with E-state index in [1.54, 1.807) is 6.92 Å². The van der Waals surface area contributed by atoms with Crippen molar-refractivity contribution < 1.29 is 19.1 Å². The summed E-state index contributed by atoms with van der Waals surface area (Å²) < 4.78 is 11.3. The van der Waals surface area contributed by atoms with E-state index in [2.05, 4.69) is 4.98 Å². The van der Waals surface area contributed by atoms with Gasteiger partial charge in [-0.1, -0.05) is 18.2 Å². The third-order valence-electron chi connectivity index (χ3n) is 3.29. The lowest BCUT2D eigenvalue weighted by Crippen LogP contribution is -2.01. The molecule has 116 valence electrons. The molecule has 3 aromatic rings. The molecule has 1 heterocycles. The lowest BCUT2D eigenvalue weighted by Gasteiger charge is -2.05. The molecule has 23 heavy (non-hydrogen) atoms. The fourth-order valence-electron chi connectivity index (χ4n) is 2.15. The molecule has 0 atom stereocenters. The Labute approximate surface area is 133 Å². The van der Waals surface area contributed by atoms with Crippen molar-refractivity contribution in [1.82, 2.24) is 4.98 Å². The summed E-state index contributed by atoms with van der Waals surface area (Å²) in [5.74, 6) is 1.46. The summed E-state index contributed by atoms with van der Waals surface area (Å²) in [4.78, 5) is 15.0. The molecule has 1 N–H and O–H groups in total. The fourth-order valence-corrected chi connectivity index (χ4v) is 2.15. The van der Waals surface area contributed by atoms with Crippen LogP contribution in [0.15, 0.2) is 59.0 Å².